The molecule has 1 aromatic heterocycles. The van der Waals surface area contributed by atoms with Gasteiger partial charge in [0.05, 0.1) is 17.0 Å². The molecule has 2 aromatic carbocycles. The average molecular weight is 497 g/mol. The van der Waals surface area contributed by atoms with Crippen molar-refractivity contribution in [1.82, 2.24) is 9.88 Å². The van der Waals surface area contributed by atoms with Crippen LogP contribution in [0.4, 0.5) is 24.7 Å². The Morgan fingerprint density at radius 2 is 1.61 bits per heavy atom. The average Bonchev–Trinajstić information content (AvgIpc) is 2.92. The van der Waals surface area contributed by atoms with Gasteiger partial charge in [-0.2, -0.15) is 13.2 Å². The summed E-state index contributed by atoms with van der Waals surface area (Å²) < 4.78 is 36.0. The van der Waals surface area contributed by atoms with Crippen LogP contribution in [0.25, 0.3) is 0 Å². The van der Waals surface area contributed by atoms with E-state index in [9.17, 15) is 22.8 Å². The molecule has 0 bridgehead atoms. The van der Waals surface area contributed by atoms with Crippen LogP contribution in [-0.4, -0.2) is 42.3 Å². The van der Waals surface area contributed by atoms with Crippen molar-refractivity contribution in [2.75, 3.05) is 30.4 Å². The molecule has 1 N–H and O–H groups in total. The maximum absolute atomic E-state index is 13.1. The van der Waals surface area contributed by atoms with E-state index < -0.39 is 17.2 Å². The van der Waals surface area contributed by atoms with Crippen LogP contribution in [-0.2, 0) is 15.8 Å². The van der Waals surface area contributed by atoms with Crippen molar-refractivity contribution >= 4 is 23.8 Å². The molecule has 2 aliphatic heterocycles. The third-order valence-electron chi connectivity index (χ3n) is 6.78. The fraction of sp³-hybridized carbons (Fsp3) is 0.296. The fourth-order valence-corrected chi connectivity index (χ4v) is 4.83. The molecule has 3 aromatic rings. The fourth-order valence-electron chi connectivity index (χ4n) is 4.83. The van der Waals surface area contributed by atoms with Gasteiger partial charge in [0, 0.05) is 32.0 Å². The molecule has 1 atom stereocenters. The minimum Gasteiger partial charge on any atom is -0.388 e. The maximum Gasteiger partial charge on any atom is 0.416 e. The number of β-lactam (4-membered cyclic amide) rings is 1. The number of benzene rings is 2. The molecule has 188 valence electrons. The topological polar surface area (TPSA) is 65.5 Å². The summed E-state index contributed by atoms with van der Waals surface area (Å²) in [4.78, 5) is 32.1. The summed E-state index contributed by atoms with van der Waals surface area (Å²) in [5.41, 5.74) is 0.755. The zero-order chi connectivity index (χ0) is 25.8. The predicted molar refractivity (Wildman–Crippen MR) is 131 cm³/mol. The Morgan fingerprint density at radius 1 is 0.972 bits per heavy atom. The highest BCUT2D eigenvalue weighted by Gasteiger charge is 2.62. The summed E-state index contributed by atoms with van der Waals surface area (Å²) in [5, 5.41) is 2.74. The number of pyridine rings is 1. The van der Waals surface area contributed by atoms with Gasteiger partial charge in [0.15, 0.2) is 0 Å². The highest BCUT2D eigenvalue weighted by molar-refractivity contribution is 6.05. The maximum atomic E-state index is 13.1. The molecule has 36 heavy (non-hydrogen) atoms. The van der Waals surface area contributed by atoms with E-state index in [1.807, 2.05) is 41.3 Å². The second kappa shape index (κ2) is 10.4. The lowest BCUT2D eigenvalue weighted by Gasteiger charge is -2.58. The third-order valence-corrected chi connectivity index (χ3v) is 6.78. The van der Waals surface area contributed by atoms with Gasteiger partial charge in [-0.25, -0.2) is 4.98 Å². The zero-order valence-corrected chi connectivity index (χ0v) is 19.8. The van der Waals surface area contributed by atoms with Crippen molar-refractivity contribution in [1.29, 1.82) is 0 Å². The van der Waals surface area contributed by atoms with Crippen molar-refractivity contribution in [3.05, 3.63) is 90.1 Å². The number of nitrogens with one attached hydrogen (secondary N) is 1. The normalized spacial score (nSPS) is 18.7. The third kappa shape index (κ3) is 4.91. The summed E-state index contributed by atoms with van der Waals surface area (Å²) in [6.45, 7) is 1.27. The number of likely N-dealkylation sites (tertiary alicyclic amines) is 1. The number of aromatic nitrogens is 1. The highest BCUT2D eigenvalue weighted by atomic mass is 19.4. The van der Waals surface area contributed by atoms with Crippen LogP contribution in [0.5, 0.6) is 0 Å². The van der Waals surface area contributed by atoms with E-state index in [2.05, 4.69) is 22.4 Å². The van der Waals surface area contributed by atoms with Gasteiger partial charge < -0.3 is 10.2 Å². The minimum absolute atomic E-state index is 0.0186. The molecule has 5 rings (SSSR count). The smallest absolute Gasteiger partial charge is 0.388 e. The number of carbonyl (C=O) groups excluding carboxylic acids is 2. The predicted octanol–water partition coefficient (Wildman–Crippen LogP) is 5.16. The number of rotatable bonds is 4. The van der Waals surface area contributed by atoms with Gasteiger partial charge in [-0.3, -0.25) is 14.5 Å². The molecule has 2 fully saturated rings. The largest absolute Gasteiger partial charge is 0.416 e. The lowest BCUT2D eigenvalue weighted by molar-refractivity contribution is -0.146. The molecule has 6 nitrogen and oxygen atoms in total. The molecule has 9 heteroatoms. The van der Waals surface area contributed by atoms with Gasteiger partial charge in [0.25, 0.3) is 0 Å². The Hall–Kier alpha value is -3.88. The van der Waals surface area contributed by atoms with E-state index in [1.165, 1.54) is 12.1 Å². The van der Waals surface area contributed by atoms with Crippen molar-refractivity contribution < 1.29 is 22.8 Å². The number of carbonyl (C=O) groups is 2. The van der Waals surface area contributed by atoms with Crippen LogP contribution in [0.1, 0.15) is 30.0 Å². The number of nitrogens with zero attached hydrogens (tertiary/aromatic N) is 3. The van der Waals surface area contributed by atoms with Crippen LogP contribution in [0.15, 0.2) is 79.0 Å². The summed E-state index contributed by atoms with van der Waals surface area (Å²) >= 11 is 0. The lowest BCUT2D eigenvalue weighted by Crippen LogP contribution is -2.66. The first kappa shape index (κ1) is 25.2. The SMILES string of the molecule is CNc1ccc(C(F)(F)F)cc1.O=CN1CCC2(CC1)C(=O)N(c1ccccn1)C2c1ccccc1. The second-order valence-corrected chi connectivity index (χ2v) is 8.80. The van der Waals surface area contributed by atoms with Gasteiger partial charge in [0.2, 0.25) is 12.3 Å². The van der Waals surface area contributed by atoms with Crippen LogP contribution in [0.3, 0.4) is 0 Å². The molecule has 2 amide bonds. The summed E-state index contributed by atoms with van der Waals surface area (Å²) in [6.07, 6.45) is -0.248. The summed E-state index contributed by atoms with van der Waals surface area (Å²) in [5.74, 6) is 0.820. The van der Waals surface area contributed by atoms with Gasteiger partial charge in [-0.1, -0.05) is 36.4 Å². The first-order chi connectivity index (χ1) is 17.3. The monoisotopic (exact) mass is 496 g/mol. The molecule has 2 aliphatic rings. The number of halogens is 3. The zero-order valence-electron chi connectivity index (χ0n) is 19.8. The first-order valence-electron chi connectivity index (χ1n) is 11.6. The Labute approximate surface area is 207 Å². The standard InChI is InChI=1S/C19H19N3O2.C8H8F3N/c23-14-21-12-9-19(10-13-21)17(15-6-2-1-3-7-15)22(18(19)24)16-8-4-5-11-20-16;1-12-7-4-2-6(3-5-7)8(9,10)11/h1-8,11,14,17H,9-10,12-13H2;2-5,12H,1H3. The molecule has 0 saturated carbocycles. The van der Waals surface area contributed by atoms with Gasteiger partial charge >= 0.3 is 6.18 Å². The number of amides is 2. The van der Waals surface area contributed by atoms with Crippen LogP contribution in [0.2, 0.25) is 0 Å². The van der Waals surface area contributed by atoms with Gasteiger partial charge in [-0.15, -0.1) is 0 Å². The van der Waals surface area contributed by atoms with Gasteiger partial charge in [0.1, 0.15) is 5.82 Å². The second-order valence-electron chi connectivity index (χ2n) is 8.80. The van der Waals surface area contributed by atoms with Crippen molar-refractivity contribution in [3.63, 3.8) is 0 Å². The van der Waals surface area contributed by atoms with E-state index in [0.717, 1.165) is 24.1 Å². The van der Waals surface area contributed by atoms with Crippen molar-refractivity contribution in [2.45, 2.75) is 25.1 Å². The van der Waals surface area contributed by atoms with Crippen molar-refractivity contribution in [2.24, 2.45) is 5.41 Å². The number of hydrogen-bond acceptors (Lipinski definition) is 4. The molecular weight excluding hydrogens is 469 g/mol. The first-order valence-corrected chi connectivity index (χ1v) is 11.6. The number of alkyl halides is 3. The molecule has 0 radical (unpaired) electrons. The summed E-state index contributed by atoms with van der Waals surface area (Å²) in [7, 11) is 1.66. The number of anilines is 2. The van der Waals surface area contributed by atoms with E-state index in [0.29, 0.717) is 37.4 Å². The van der Waals surface area contributed by atoms with E-state index in [-0.39, 0.29) is 11.9 Å². The van der Waals surface area contributed by atoms with E-state index >= 15 is 0 Å². The molecule has 2 saturated heterocycles. The molecule has 1 unspecified atom stereocenters. The Morgan fingerprint density at radius 3 is 2.14 bits per heavy atom. The summed E-state index contributed by atoms with van der Waals surface area (Å²) in [6, 6.07) is 20.6. The molecule has 1 spiro atoms. The van der Waals surface area contributed by atoms with Crippen LogP contribution < -0.4 is 10.2 Å². The number of hydrogen-bond donors (Lipinski definition) is 1. The Kier molecular flexibility index (Phi) is 7.28. The lowest BCUT2D eigenvalue weighted by atomic mass is 9.62. The van der Waals surface area contributed by atoms with Crippen LogP contribution >= 0.6 is 0 Å². The van der Waals surface area contributed by atoms with Gasteiger partial charge in [-0.05, 0) is 54.8 Å². The quantitative estimate of drug-likeness (QED) is 0.401. The van der Waals surface area contributed by atoms with E-state index in [1.54, 1.807) is 18.1 Å². The van der Waals surface area contributed by atoms with Crippen LogP contribution in [0, 0.1) is 5.41 Å². The number of piperidine rings is 1. The molecule has 0 aliphatic carbocycles. The molecular formula is C27H27F3N4O2. The highest BCUT2D eigenvalue weighted by Crippen LogP contribution is 2.56. The Bertz CT molecular complexity index is 1160. The van der Waals surface area contributed by atoms with Crippen molar-refractivity contribution in [3.8, 4) is 0 Å². The van der Waals surface area contributed by atoms with E-state index in [4.69, 9.17) is 0 Å². The minimum atomic E-state index is -4.24. The Balaban J connectivity index is 0.000000214. The molecule has 3 heterocycles.